The van der Waals surface area contributed by atoms with E-state index in [9.17, 15) is 13.5 Å². The monoisotopic (exact) mass is 229 g/mol. The Labute approximate surface area is 90.0 Å². The number of aliphatic hydroxyl groups is 1. The lowest BCUT2D eigenvalue weighted by atomic mass is 10.1. The summed E-state index contributed by atoms with van der Waals surface area (Å²) in [6.07, 6.45) is -0.665. The topological polar surface area (TPSA) is 66.4 Å². The molecule has 84 valence electrons. The molecule has 0 aromatic heterocycles. The molecule has 0 saturated carbocycles. The molecule has 1 aromatic rings. The predicted molar refractivity (Wildman–Crippen MR) is 57.9 cm³/mol. The van der Waals surface area contributed by atoms with E-state index in [4.69, 9.17) is 0 Å². The van der Waals surface area contributed by atoms with Gasteiger partial charge in [0.05, 0.1) is 11.0 Å². The summed E-state index contributed by atoms with van der Waals surface area (Å²) in [6, 6.07) is 6.29. The van der Waals surface area contributed by atoms with Crippen molar-refractivity contribution in [3.8, 4) is 0 Å². The second-order valence-electron chi connectivity index (χ2n) is 3.25. The largest absolute Gasteiger partial charge is 0.389 e. The van der Waals surface area contributed by atoms with Crippen molar-refractivity contribution in [3.63, 3.8) is 0 Å². The highest BCUT2D eigenvalue weighted by atomic mass is 32.2. The maximum atomic E-state index is 11.6. The van der Waals surface area contributed by atoms with Crippen LogP contribution < -0.4 is 4.72 Å². The average Bonchev–Trinajstić information content (AvgIpc) is 2.18. The number of benzene rings is 1. The highest BCUT2D eigenvalue weighted by Gasteiger charge is 2.13. The summed E-state index contributed by atoms with van der Waals surface area (Å²) < 4.78 is 25.6. The lowest BCUT2D eigenvalue weighted by molar-refractivity contribution is 0.199. The molecule has 0 amide bonds. The molecule has 1 unspecified atom stereocenters. The van der Waals surface area contributed by atoms with E-state index in [-0.39, 0.29) is 4.90 Å². The molecule has 0 aliphatic heterocycles. The molecule has 1 aromatic carbocycles. The van der Waals surface area contributed by atoms with Crippen LogP contribution in [0, 0.1) is 0 Å². The number of aliphatic hydroxyl groups excluding tert-OH is 1. The van der Waals surface area contributed by atoms with Crippen LogP contribution in [0.1, 0.15) is 25.5 Å². The highest BCUT2D eigenvalue weighted by Crippen LogP contribution is 2.16. The minimum Gasteiger partial charge on any atom is -0.389 e. The van der Waals surface area contributed by atoms with Crippen LogP contribution in [0.25, 0.3) is 0 Å². The molecule has 5 heteroatoms. The van der Waals surface area contributed by atoms with Gasteiger partial charge in [0.15, 0.2) is 0 Å². The number of sulfonamides is 1. The van der Waals surface area contributed by atoms with Crippen LogP contribution in [0.4, 0.5) is 0 Å². The zero-order valence-electron chi connectivity index (χ0n) is 8.77. The van der Waals surface area contributed by atoms with Crippen LogP contribution in [-0.2, 0) is 10.0 Å². The van der Waals surface area contributed by atoms with E-state index >= 15 is 0 Å². The molecule has 4 nitrogen and oxygen atoms in total. The van der Waals surface area contributed by atoms with Gasteiger partial charge < -0.3 is 5.11 Å². The number of hydrogen-bond acceptors (Lipinski definition) is 3. The molecule has 1 rings (SSSR count). The molecule has 0 bridgehead atoms. The van der Waals surface area contributed by atoms with Crippen LogP contribution in [0.5, 0.6) is 0 Å². The van der Waals surface area contributed by atoms with Crippen molar-refractivity contribution in [3.05, 3.63) is 29.8 Å². The lowest BCUT2D eigenvalue weighted by Crippen LogP contribution is -2.23. The molecule has 1 atom stereocenters. The zero-order chi connectivity index (χ0) is 11.5. The van der Waals surface area contributed by atoms with Gasteiger partial charge in [0.2, 0.25) is 10.0 Å². The molecule has 0 radical (unpaired) electrons. The third-order valence-corrected chi connectivity index (χ3v) is 3.53. The van der Waals surface area contributed by atoms with Gasteiger partial charge in [-0.25, -0.2) is 13.1 Å². The van der Waals surface area contributed by atoms with Crippen LogP contribution in [0.2, 0.25) is 0 Å². The van der Waals surface area contributed by atoms with Gasteiger partial charge >= 0.3 is 0 Å². The fraction of sp³-hybridized carbons (Fsp3) is 0.400. The standard InChI is InChI=1S/C10H15NO3S/c1-3-11-15(13,14)10-6-4-5-9(7-10)8(2)12/h4-8,11-12H,3H2,1-2H3. The SMILES string of the molecule is CCNS(=O)(=O)c1cccc(C(C)O)c1. The number of rotatable bonds is 4. The minimum atomic E-state index is -3.43. The molecule has 0 aliphatic rings. The Balaban J connectivity index is 3.11. The number of hydrogen-bond donors (Lipinski definition) is 2. The van der Waals surface area contributed by atoms with Gasteiger partial charge in [-0.1, -0.05) is 19.1 Å². The van der Waals surface area contributed by atoms with Crippen molar-refractivity contribution in [2.75, 3.05) is 6.54 Å². The average molecular weight is 229 g/mol. The van der Waals surface area contributed by atoms with Gasteiger partial charge in [0.25, 0.3) is 0 Å². The molecule has 0 aliphatic carbocycles. The normalized spacial score (nSPS) is 13.8. The maximum absolute atomic E-state index is 11.6. The summed E-state index contributed by atoms with van der Waals surface area (Å²) in [5, 5.41) is 9.33. The van der Waals surface area contributed by atoms with E-state index in [1.54, 1.807) is 26.0 Å². The molecular weight excluding hydrogens is 214 g/mol. The van der Waals surface area contributed by atoms with Gasteiger partial charge in [-0.15, -0.1) is 0 Å². The first kappa shape index (κ1) is 12.2. The van der Waals surface area contributed by atoms with Crippen molar-refractivity contribution in [2.45, 2.75) is 24.8 Å². The van der Waals surface area contributed by atoms with Crippen molar-refractivity contribution in [2.24, 2.45) is 0 Å². The Hall–Kier alpha value is -0.910. The summed E-state index contributed by atoms with van der Waals surface area (Å²) in [5.74, 6) is 0. The molecule has 0 fully saturated rings. The van der Waals surface area contributed by atoms with Crippen LogP contribution in [-0.4, -0.2) is 20.1 Å². The van der Waals surface area contributed by atoms with Crippen molar-refractivity contribution in [1.82, 2.24) is 4.72 Å². The van der Waals surface area contributed by atoms with Crippen molar-refractivity contribution >= 4 is 10.0 Å². The van der Waals surface area contributed by atoms with Crippen LogP contribution >= 0.6 is 0 Å². The third-order valence-electron chi connectivity index (χ3n) is 1.99. The fourth-order valence-electron chi connectivity index (χ4n) is 1.21. The molecule has 15 heavy (non-hydrogen) atoms. The van der Waals surface area contributed by atoms with E-state index in [1.807, 2.05) is 0 Å². The van der Waals surface area contributed by atoms with E-state index in [0.717, 1.165) is 0 Å². The summed E-state index contributed by atoms with van der Waals surface area (Å²) in [4.78, 5) is 0.183. The summed E-state index contributed by atoms with van der Waals surface area (Å²) in [7, 11) is -3.43. The first-order chi connectivity index (χ1) is 6.97. The molecule has 0 saturated heterocycles. The van der Waals surface area contributed by atoms with Crippen molar-refractivity contribution < 1.29 is 13.5 Å². The van der Waals surface area contributed by atoms with Gasteiger partial charge in [0, 0.05) is 6.54 Å². The number of nitrogens with one attached hydrogen (secondary N) is 1. The quantitative estimate of drug-likeness (QED) is 0.810. The Morgan fingerprint density at radius 2 is 2.13 bits per heavy atom. The van der Waals surface area contributed by atoms with E-state index in [1.165, 1.54) is 12.1 Å². The third kappa shape index (κ3) is 3.02. The zero-order valence-corrected chi connectivity index (χ0v) is 9.58. The first-order valence-corrected chi connectivity index (χ1v) is 6.23. The van der Waals surface area contributed by atoms with Crippen LogP contribution in [0.15, 0.2) is 29.2 Å². The Kier molecular flexibility index (Phi) is 3.84. The van der Waals surface area contributed by atoms with Crippen LogP contribution in [0.3, 0.4) is 0 Å². The Bertz CT molecular complexity index is 426. The van der Waals surface area contributed by atoms with E-state index < -0.39 is 16.1 Å². The smallest absolute Gasteiger partial charge is 0.240 e. The van der Waals surface area contributed by atoms with Gasteiger partial charge in [-0.3, -0.25) is 0 Å². The molecule has 0 heterocycles. The van der Waals surface area contributed by atoms with E-state index in [2.05, 4.69) is 4.72 Å². The second-order valence-corrected chi connectivity index (χ2v) is 5.02. The van der Waals surface area contributed by atoms with E-state index in [0.29, 0.717) is 12.1 Å². The first-order valence-electron chi connectivity index (χ1n) is 4.75. The maximum Gasteiger partial charge on any atom is 0.240 e. The predicted octanol–water partition coefficient (Wildman–Crippen LogP) is 1.04. The molecule has 0 spiro atoms. The minimum absolute atomic E-state index is 0.183. The van der Waals surface area contributed by atoms with Gasteiger partial charge in [-0.2, -0.15) is 0 Å². The molecular formula is C10H15NO3S. The second kappa shape index (κ2) is 4.74. The lowest BCUT2D eigenvalue weighted by Gasteiger charge is -2.08. The van der Waals surface area contributed by atoms with Gasteiger partial charge in [-0.05, 0) is 24.6 Å². The molecule has 2 N–H and O–H groups in total. The highest BCUT2D eigenvalue weighted by molar-refractivity contribution is 7.89. The Morgan fingerprint density at radius 3 is 2.67 bits per heavy atom. The summed E-state index contributed by atoms with van der Waals surface area (Å²) in [5.41, 5.74) is 0.592. The summed E-state index contributed by atoms with van der Waals surface area (Å²) >= 11 is 0. The van der Waals surface area contributed by atoms with Crippen molar-refractivity contribution in [1.29, 1.82) is 0 Å². The summed E-state index contributed by atoms with van der Waals surface area (Å²) in [6.45, 7) is 3.66. The Morgan fingerprint density at radius 1 is 1.47 bits per heavy atom. The van der Waals surface area contributed by atoms with Gasteiger partial charge in [0.1, 0.15) is 0 Å². The fourth-order valence-corrected chi connectivity index (χ4v) is 2.31.